The van der Waals surface area contributed by atoms with E-state index in [1.54, 1.807) is 12.1 Å². The Kier molecular flexibility index (Phi) is 5.19. The van der Waals surface area contributed by atoms with Crippen molar-refractivity contribution in [2.75, 3.05) is 5.32 Å². The summed E-state index contributed by atoms with van der Waals surface area (Å²) in [4.78, 5) is 0. The first kappa shape index (κ1) is 18.4. The van der Waals surface area contributed by atoms with Crippen molar-refractivity contribution in [3.05, 3.63) is 27.5 Å². The summed E-state index contributed by atoms with van der Waals surface area (Å²) in [6.45, 7) is 0.890. The van der Waals surface area contributed by atoms with E-state index in [9.17, 15) is 13.2 Å². The predicted octanol–water partition coefficient (Wildman–Crippen LogP) is 5.61. The van der Waals surface area contributed by atoms with Crippen LogP contribution in [0.2, 0.25) is 0 Å². The molecule has 1 saturated carbocycles. The molecule has 0 spiro atoms. The number of nitrogens with zero attached hydrogens (tertiary/aromatic N) is 2. The topological polar surface area (TPSA) is 40.8 Å². The number of nitriles is 1. The number of rotatable bonds is 3. The second-order valence-corrected chi connectivity index (χ2v) is 7.66. The van der Waals surface area contributed by atoms with Gasteiger partial charge in [0.25, 0.3) is 0 Å². The van der Waals surface area contributed by atoms with Crippen molar-refractivity contribution >= 4 is 39.2 Å². The lowest BCUT2D eigenvalue weighted by Crippen LogP contribution is -2.25. The molecule has 2 aromatic rings. The van der Waals surface area contributed by atoms with Gasteiger partial charge < -0.3 is 9.88 Å². The molecule has 0 unspecified atom stereocenters. The zero-order chi connectivity index (χ0) is 18.2. The summed E-state index contributed by atoms with van der Waals surface area (Å²) in [7, 11) is 0. The van der Waals surface area contributed by atoms with Crippen molar-refractivity contribution in [2.45, 2.75) is 51.4 Å². The maximum absolute atomic E-state index is 12.9. The zero-order valence-corrected chi connectivity index (χ0v) is 16.0. The smallest absolute Gasteiger partial charge is 0.382 e. The molecule has 134 valence electrons. The number of halogens is 4. The fourth-order valence-corrected chi connectivity index (χ4v) is 4.31. The van der Waals surface area contributed by atoms with Crippen LogP contribution < -0.4 is 5.32 Å². The van der Waals surface area contributed by atoms with Gasteiger partial charge in [0.15, 0.2) is 0 Å². The molecule has 0 amide bonds. The molecule has 1 fully saturated rings. The molecule has 7 heteroatoms. The molecule has 1 aromatic carbocycles. The fraction of sp³-hybridized carbons (Fsp3) is 0.500. The van der Waals surface area contributed by atoms with E-state index in [1.807, 2.05) is 35.6 Å². The summed E-state index contributed by atoms with van der Waals surface area (Å²) in [5, 5.41) is 13.4. The maximum Gasteiger partial charge on any atom is 0.406 e. The van der Waals surface area contributed by atoms with Crippen LogP contribution in [0.3, 0.4) is 0 Å². The average molecular weight is 461 g/mol. The zero-order valence-electron chi connectivity index (χ0n) is 13.8. The van der Waals surface area contributed by atoms with Crippen LogP contribution >= 0.6 is 22.6 Å². The van der Waals surface area contributed by atoms with Crippen LogP contribution in [0.15, 0.2) is 18.2 Å². The number of hydrogen-bond donors (Lipinski definition) is 1. The van der Waals surface area contributed by atoms with Crippen molar-refractivity contribution in [1.82, 2.24) is 4.57 Å². The molecule has 1 N–H and O–H groups in total. The third-order valence-corrected chi connectivity index (χ3v) is 6.25. The quantitative estimate of drug-likeness (QED) is 0.604. The average Bonchev–Trinajstić information content (AvgIpc) is 2.80. The number of hydrogen-bond acceptors (Lipinski definition) is 2. The van der Waals surface area contributed by atoms with Crippen molar-refractivity contribution in [2.24, 2.45) is 5.92 Å². The molecule has 0 atom stereocenters. The summed E-state index contributed by atoms with van der Waals surface area (Å²) < 4.78 is 40.8. The monoisotopic (exact) mass is 461 g/mol. The molecule has 1 aromatic heterocycles. The minimum Gasteiger partial charge on any atom is -0.382 e. The van der Waals surface area contributed by atoms with E-state index >= 15 is 0 Å². The van der Waals surface area contributed by atoms with Gasteiger partial charge in [-0.1, -0.05) is 6.07 Å². The van der Waals surface area contributed by atoms with Gasteiger partial charge in [0.1, 0.15) is 6.54 Å². The van der Waals surface area contributed by atoms with E-state index in [-0.39, 0.29) is 12.0 Å². The minimum atomic E-state index is -4.25. The molecule has 1 heterocycles. The lowest BCUT2D eigenvalue weighted by Gasteiger charge is -2.27. The van der Waals surface area contributed by atoms with Crippen LogP contribution in [-0.2, 0) is 6.54 Å². The molecule has 3 nitrogen and oxygen atoms in total. The summed E-state index contributed by atoms with van der Waals surface area (Å²) in [5.41, 5.74) is 2.36. The normalized spacial score (nSPS) is 21.3. The van der Waals surface area contributed by atoms with Gasteiger partial charge in [-0.25, -0.2) is 0 Å². The molecule has 1 aliphatic rings. The second kappa shape index (κ2) is 7.06. The van der Waals surface area contributed by atoms with Gasteiger partial charge in [0.2, 0.25) is 0 Å². The van der Waals surface area contributed by atoms with Gasteiger partial charge in [-0.05, 0) is 72.9 Å². The van der Waals surface area contributed by atoms with Crippen molar-refractivity contribution < 1.29 is 13.2 Å². The Hall–Kier alpha value is -1.43. The highest BCUT2D eigenvalue weighted by Crippen LogP contribution is 2.36. The Morgan fingerprint density at radius 1 is 1.28 bits per heavy atom. The highest BCUT2D eigenvalue weighted by molar-refractivity contribution is 14.1. The number of aromatic nitrogens is 1. The van der Waals surface area contributed by atoms with Crippen molar-refractivity contribution in [3.63, 3.8) is 0 Å². The highest BCUT2D eigenvalue weighted by Gasteiger charge is 2.31. The van der Waals surface area contributed by atoms with Crippen LogP contribution in [0.5, 0.6) is 0 Å². The lowest BCUT2D eigenvalue weighted by molar-refractivity contribution is -0.140. The Bertz CT molecular complexity index is 812. The van der Waals surface area contributed by atoms with Gasteiger partial charge in [-0.2, -0.15) is 18.4 Å². The van der Waals surface area contributed by atoms with E-state index in [1.165, 1.54) is 4.57 Å². The molecule has 0 radical (unpaired) electrons. The van der Waals surface area contributed by atoms with Gasteiger partial charge >= 0.3 is 6.18 Å². The van der Waals surface area contributed by atoms with Crippen molar-refractivity contribution in [3.8, 4) is 6.07 Å². The number of alkyl halides is 3. The summed E-state index contributed by atoms with van der Waals surface area (Å²) in [6.07, 6.45) is -0.690. The fourth-order valence-electron chi connectivity index (χ4n) is 3.61. The van der Waals surface area contributed by atoms with Crippen LogP contribution in [0, 0.1) is 27.9 Å². The molecular formula is C18H19F3IN3. The predicted molar refractivity (Wildman–Crippen MR) is 100 cm³/mol. The van der Waals surface area contributed by atoms with Crippen molar-refractivity contribution in [1.29, 1.82) is 5.26 Å². The third kappa shape index (κ3) is 3.89. The van der Waals surface area contributed by atoms with Crippen LogP contribution in [0.4, 0.5) is 18.9 Å². The van der Waals surface area contributed by atoms with E-state index in [0.29, 0.717) is 9.22 Å². The second-order valence-electron chi connectivity index (χ2n) is 6.64. The first-order chi connectivity index (χ1) is 11.8. The minimum absolute atomic E-state index is 0.129. The summed E-state index contributed by atoms with van der Waals surface area (Å²) in [5.74, 6) is 0.129. The molecule has 25 heavy (non-hydrogen) atoms. The summed E-state index contributed by atoms with van der Waals surface area (Å²) >= 11 is 1.99. The molecule has 0 saturated heterocycles. The standard InChI is InChI=1S/C18H19F3IN3/c1-11-16-14(24-13-7-5-12(9-23)6-8-13)3-2-4-15(16)25(17(11)22)10-18(19,20)21/h2-4,12-13,24H,5-8,10H2,1H3. The molecule has 3 rings (SSSR count). The van der Waals surface area contributed by atoms with Gasteiger partial charge in [-0.3, -0.25) is 0 Å². The maximum atomic E-state index is 12.9. The van der Waals surface area contributed by atoms with E-state index < -0.39 is 12.7 Å². The van der Waals surface area contributed by atoms with Gasteiger partial charge in [0, 0.05) is 23.0 Å². The largest absolute Gasteiger partial charge is 0.406 e. The number of benzene rings is 1. The SMILES string of the molecule is Cc1c(I)n(CC(F)(F)F)c2cccc(NC3CCC(C#N)CC3)c12. The highest BCUT2D eigenvalue weighted by atomic mass is 127. The Balaban J connectivity index is 1.92. The summed E-state index contributed by atoms with van der Waals surface area (Å²) in [6, 6.07) is 8.06. The Morgan fingerprint density at radius 3 is 2.56 bits per heavy atom. The Labute approximate surface area is 158 Å². The Morgan fingerprint density at radius 2 is 1.96 bits per heavy atom. The van der Waals surface area contributed by atoms with E-state index in [2.05, 4.69) is 11.4 Å². The lowest BCUT2D eigenvalue weighted by atomic mass is 9.87. The van der Waals surface area contributed by atoms with Gasteiger partial charge in [0.05, 0.1) is 15.3 Å². The van der Waals surface area contributed by atoms with Crippen LogP contribution in [0.25, 0.3) is 10.9 Å². The van der Waals surface area contributed by atoms with Crippen LogP contribution in [-0.4, -0.2) is 16.8 Å². The molecule has 0 aliphatic heterocycles. The van der Waals surface area contributed by atoms with E-state index in [0.717, 1.165) is 42.3 Å². The molecular weight excluding hydrogens is 442 g/mol. The first-order valence-electron chi connectivity index (χ1n) is 8.30. The number of aryl methyl sites for hydroxylation is 1. The first-order valence-corrected chi connectivity index (χ1v) is 9.38. The number of nitrogens with one attached hydrogen (secondary N) is 1. The third-order valence-electron chi connectivity index (χ3n) is 4.86. The molecule has 1 aliphatic carbocycles. The van der Waals surface area contributed by atoms with Crippen LogP contribution in [0.1, 0.15) is 31.2 Å². The molecule has 0 bridgehead atoms. The number of anilines is 1. The number of fused-ring (bicyclic) bond motifs is 1. The van der Waals surface area contributed by atoms with E-state index in [4.69, 9.17) is 5.26 Å². The van der Waals surface area contributed by atoms with Gasteiger partial charge in [-0.15, -0.1) is 0 Å².